The van der Waals surface area contributed by atoms with Crippen molar-refractivity contribution in [1.29, 1.82) is 0 Å². The molecule has 2 fully saturated rings. The van der Waals surface area contributed by atoms with Crippen LogP contribution in [0.15, 0.2) is 18.2 Å². The highest BCUT2D eigenvalue weighted by atomic mass is 19.1. The third kappa shape index (κ3) is 5.24. The summed E-state index contributed by atoms with van der Waals surface area (Å²) in [7, 11) is 0. The molecule has 0 radical (unpaired) electrons. The molecule has 2 aliphatic heterocycles. The van der Waals surface area contributed by atoms with Gasteiger partial charge in [0.05, 0.1) is 24.5 Å². The van der Waals surface area contributed by atoms with Crippen molar-refractivity contribution in [2.24, 2.45) is 5.92 Å². The molecule has 9 nitrogen and oxygen atoms in total. The average molecular weight is 511 g/mol. The van der Waals surface area contributed by atoms with E-state index in [0.717, 1.165) is 12.8 Å². The lowest BCUT2D eigenvalue weighted by Crippen LogP contribution is -2.46. The Balaban J connectivity index is 1.20. The lowest BCUT2D eigenvalue weighted by atomic mass is 9.85. The number of morpholine rings is 1. The number of H-pyrrole nitrogens is 1. The number of hydrogen-bond donors (Lipinski definition) is 3. The summed E-state index contributed by atoms with van der Waals surface area (Å²) in [6.45, 7) is 6.04. The van der Waals surface area contributed by atoms with Crippen LogP contribution in [0.3, 0.4) is 0 Å². The summed E-state index contributed by atoms with van der Waals surface area (Å²) in [6, 6.07) is 4.08. The highest BCUT2D eigenvalue weighted by Crippen LogP contribution is 2.36. The van der Waals surface area contributed by atoms with E-state index in [0.29, 0.717) is 78.7 Å². The number of fused-ring (bicyclic) bond motifs is 1. The van der Waals surface area contributed by atoms with E-state index in [1.54, 1.807) is 19.9 Å². The number of hydrogen-bond acceptors (Lipinski definition) is 5. The lowest BCUT2D eigenvalue weighted by molar-refractivity contribution is -0.140. The Morgan fingerprint density at radius 2 is 1.89 bits per heavy atom. The first-order valence-corrected chi connectivity index (χ1v) is 12.7. The van der Waals surface area contributed by atoms with Gasteiger partial charge >= 0.3 is 6.09 Å². The van der Waals surface area contributed by atoms with Crippen LogP contribution < -0.4 is 15.4 Å². The number of rotatable bonds is 4. The third-order valence-electron chi connectivity index (χ3n) is 7.38. The summed E-state index contributed by atoms with van der Waals surface area (Å²) in [5.41, 5.74) is 3.27. The maximum absolute atomic E-state index is 13.8. The summed E-state index contributed by atoms with van der Waals surface area (Å²) in [5, 5.41) is 5.66. The van der Waals surface area contributed by atoms with Gasteiger partial charge in [-0.25, -0.2) is 9.18 Å². The molecular weight excluding hydrogens is 479 g/mol. The molecule has 3 N–H and O–H groups in total. The van der Waals surface area contributed by atoms with Crippen molar-refractivity contribution < 1.29 is 28.2 Å². The molecule has 196 valence electrons. The van der Waals surface area contributed by atoms with Crippen LogP contribution in [0.1, 0.15) is 48.2 Å². The van der Waals surface area contributed by atoms with E-state index in [4.69, 9.17) is 9.47 Å². The third-order valence-corrected chi connectivity index (χ3v) is 7.38. The fourth-order valence-corrected chi connectivity index (χ4v) is 5.32. The maximum Gasteiger partial charge on any atom is 0.412 e. The van der Waals surface area contributed by atoms with Crippen LogP contribution >= 0.6 is 0 Å². The van der Waals surface area contributed by atoms with Crippen LogP contribution in [0.5, 0.6) is 5.75 Å². The smallest absolute Gasteiger partial charge is 0.408 e. The average Bonchev–Trinajstić information content (AvgIpc) is 3.34. The standard InChI is InChI=1S/C27H31FN4O5/c1-15-23(14-21-20-13-18(28)5-8-22(20)31-25(21)33)29-16(2)24(15)37-27(35)30-19-6-3-17(4-7-19)26(34)32-9-11-36-12-10-32/h5,8,13-14,17,19,29H,3-4,6-7,9-12H2,1-2H3,(H,30,35)(H,31,33)/b21-14-. The summed E-state index contributed by atoms with van der Waals surface area (Å²) < 4.78 is 24.7. The van der Waals surface area contributed by atoms with Gasteiger partial charge in [-0.05, 0) is 63.8 Å². The second-order valence-electron chi connectivity index (χ2n) is 9.84. The van der Waals surface area contributed by atoms with Crippen LogP contribution in [0.4, 0.5) is 14.9 Å². The van der Waals surface area contributed by atoms with Gasteiger partial charge in [0.25, 0.3) is 5.91 Å². The molecule has 1 aromatic carbocycles. The van der Waals surface area contributed by atoms with Crippen molar-refractivity contribution in [1.82, 2.24) is 15.2 Å². The summed E-state index contributed by atoms with van der Waals surface area (Å²) in [6.07, 6.45) is 3.96. The Kier molecular flexibility index (Phi) is 7.01. The van der Waals surface area contributed by atoms with Crippen LogP contribution in [0.25, 0.3) is 11.6 Å². The van der Waals surface area contributed by atoms with Crippen LogP contribution in [0.2, 0.25) is 0 Å². The first-order valence-electron chi connectivity index (χ1n) is 12.7. The molecule has 2 aromatic rings. The highest BCUT2D eigenvalue weighted by Gasteiger charge is 2.31. The molecule has 3 amide bonds. The fourth-order valence-electron chi connectivity index (χ4n) is 5.32. The van der Waals surface area contributed by atoms with E-state index >= 15 is 0 Å². The normalized spacial score (nSPS) is 22.5. The second-order valence-corrected chi connectivity index (χ2v) is 9.84. The van der Waals surface area contributed by atoms with E-state index in [1.807, 2.05) is 4.90 Å². The SMILES string of the molecule is Cc1[nH]c(/C=C2\C(=O)Nc3ccc(F)cc32)c(C)c1OC(=O)NC1CCC(C(=O)N2CCOCC2)CC1. The Bertz CT molecular complexity index is 1260. The van der Waals surface area contributed by atoms with Crippen LogP contribution in [-0.4, -0.2) is 60.1 Å². The molecular formula is C27H31FN4O5. The number of carbonyl (C=O) groups excluding carboxylic acids is 3. The van der Waals surface area contributed by atoms with Crippen molar-refractivity contribution in [2.75, 3.05) is 31.6 Å². The molecule has 1 saturated heterocycles. The minimum Gasteiger partial charge on any atom is -0.408 e. The number of nitrogens with zero attached hydrogens (tertiary/aromatic N) is 1. The molecule has 3 heterocycles. The van der Waals surface area contributed by atoms with E-state index in [-0.39, 0.29) is 23.8 Å². The van der Waals surface area contributed by atoms with E-state index in [1.165, 1.54) is 18.2 Å². The molecule has 0 bridgehead atoms. The molecule has 1 aromatic heterocycles. The number of nitrogens with one attached hydrogen (secondary N) is 3. The van der Waals surface area contributed by atoms with Crippen molar-refractivity contribution in [3.8, 4) is 5.75 Å². The molecule has 0 atom stereocenters. The fraction of sp³-hybridized carbons (Fsp3) is 0.444. The molecule has 10 heteroatoms. The molecule has 1 saturated carbocycles. The van der Waals surface area contributed by atoms with Crippen molar-refractivity contribution in [3.05, 3.63) is 46.5 Å². The monoisotopic (exact) mass is 510 g/mol. The molecule has 0 spiro atoms. The number of carbonyl (C=O) groups is 3. The van der Waals surface area contributed by atoms with Crippen LogP contribution in [0, 0.1) is 25.6 Å². The number of aromatic amines is 1. The van der Waals surface area contributed by atoms with Crippen molar-refractivity contribution in [3.63, 3.8) is 0 Å². The summed E-state index contributed by atoms with van der Waals surface area (Å²) in [4.78, 5) is 42.9. The number of aryl methyl sites for hydroxylation is 1. The van der Waals surface area contributed by atoms with E-state index in [2.05, 4.69) is 15.6 Å². The number of halogens is 1. The first kappa shape index (κ1) is 25.0. The second kappa shape index (κ2) is 10.4. The quantitative estimate of drug-likeness (QED) is 0.542. The van der Waals surface area contributed by atoms with E-state index < -0.39 is 11.9 Å². The number of anilines is 1. The minimum atomic E-state index is -0.557. The molecule has 1 aliphatic carbocycles. The van der Waals surface area contributed by atoms with Gasteiger partial charge < -0.3 is 30.0 Å². The zero-order valence-electron chi connectivity index (χ0n) is 21.0. The molecule has 3 aliphatic rings. The Morgan fingerprint density at radius 1 is 1.16 bits per heavy atom. The lowest BCUT2D eigenvalue weighted by Gasteiger charge is -2.34. The van der Waals surface area contributed by atoms with Crippen molar-refractivity contribution >= 4 is 35.2 Å². The Labute approximate surface area is 214 Å². The van der Waals surface area contributed by atoms with Gasteiger partial charge in [-0.3, -0.25) is 9.59 Å². The topological polar surface area (TPSA) is 113 Å². The largest absolute Gasteiger partial charge is 0.412 e. The van der Waals surface area contributed by atoms with Gasteiger partial charge in [-0.15, -0.1) is 0 Å². The Morgan fingerprint density at radius 3 is 2.62 bits per heavy atom. The van der Waals surface area contributed by atoms with Gasteiger partial charge in [0.15, 0.2) is 5.75 Å². The van der Waals surface area contributed by atoms with Gasteiger partial charge in [-0.2, -0.15) is 0 Å². The molecule has 5 rings (SSSR count). The number of benzene rings is 1. The number of aromatic nitrogens is 1. The van der Waals surface area contributed by atoms with Crippen molar-refractivity contribution in [2.45, 2.75) is 45.6 Å². The Hall–Kier alpha value is -3.66. The molecule has 37 heavy (non-hydrogen) atoms. The highest BCUT2D eigenvalue weighted by molar-refractivity contribution is 6.34. The number of ether oxygens (including phenoxy) is 2. The first-order chi connectivity index (χ1) is 17.8. The number of amides is 3. The van der Waals surface area contributed by atoms with E-state index in [9.17, 15) is 18.8 Å². The predicted molar refractivity (Wildman–Crippen MR) is 135 cm³/mol. The zero-order chi connectivity index (χ0) is 26.1. The van der Waals surface area contributed by atoms with Gasteiger partial charge in [0.1, 0.15) is 5.82 Å². The van der Waals surface area contributed by atoms with Gasteiger partial charge in [0, 0.05) is 47.6 Å². The van der Waals surface area contributed by atoms with Crippen LogP contribution in [-0.2, 0) is 14.3 Å². The summed E-state index contributed by atoms with van der Waals surface area (Å²) >= 11 is 0. The zero-order valence-corrected chi connectivity index (χ0v) is 21.0. The predicted octanol–water partition coefficient (Wildman–Crippen LogP) is 3.77. The van der Waals surface area contributed by atoms with Gasteiger partial charge in [0.2, 0.25) is 5.91 Å². The minimum absolute atomic E-state index is 0.0108. The summed E-state index contributed by atoms with van der Waals surface area (Å²) in [5.74, 6) is -0.191. The van der Waals surface area contributed by atoms with Gasteiger partial charge in [-0.1, -0.05) is 0 Å². The molecule has 0 unspecified atom stereocenters. The maximum atomic E-state index is 13.8.